The molecule has 0 saturated heterocycles. The summed E-state index contributed by atoms with van der Waals surface area (Å²) in [5, 5.41) is 2.29. The molecule has 3 aromatic rings. The Morgan fingerprint density at radius 2 is 0.800 bits per heavy atom. The molecular weight excluding hydrogens is 369 g/mol. The third-order valence-corrected chi connectivity index (χ3v) is 5.81. The molecule has 0 saturated carbocycles. The Kier molecular flexibility index (Phi) is 5.48. The van der Waals surface area contributed by atoms with Crippen LogP contribution in [0.5, 0.6) is 0 Å². The molecule has 0 radical (unpaired) electrons. The van der Waals surface area contributed by atoms with Crippen LogP contribution >= 0.6 is 34.8 Å². The monoisotopic (exact) mass is 386 g/mol. The van der Waals surface area contributed by atoms with Gasteiger partial charge in [-0.1, -0.05) is 87.6 Å². The largest absolute Gasteiger partial charge is 0.241 e. The molecule has 0 fully saturated rings. The molecule has 0 aliphatic rings. The Hall–Kier alpha value is -1.41. The summed E-state index contributed by atoms with van der Waals surface area (Å²) in [6.07, 6.45) is 0. The summed E-state index contributed by atoms with van der Waals surface area (Å²) in [6.45, 7) is 6.04. The molecule has 0 N–H and O–H groups in total. The van der Waals surface area contributed by atoms with Gasteiger partial charge in [-0.15, -0.1) is 0 Å². The van der Waals surface area contributed by atoms with Gasteiger partial charge in [-0.2, -0.15) is 0 Å². The van der Waals surface area contributed by atoms with E-state index in [4.69, 9.17) is 34.8 Å². The van der Waals surface area contributed by atoms with Crippen molar-refractivity contribution in [2.24, 2.45) is 0 Å². The minimum atomic E-state index is 0.0225. The Labute approximate surface area is 164 Å². The summed E-state index contributed by atoms with van der Waals surface area (Å²) in [7, 11) is 0. The highest BCUT2D eigenvalue weighted by molar-refractivity contribution is 6.95. The van der Waals surface area contributed by atoms with E-state index < -0.39 is 0 Å². The van der Waals surface area contributed by atoms with E-state index in [0.29, 0.717) is 0 Å². The van der Waals surface area contributed by atoms with E-state index in [2.05, 4.69) is 36.4 Å². The van der Waals surface area contributed by atoms with Crippen LogP contribution in [0.3, 0.4) is 0 Å². The van der Waals surface area contributed by atoms with Gasteiger partial charge in [0.25, 0.3) is 0 Å². The van der Waals surface area contributed by atoms with Crippen molar-refractivity contribution < 1.29 is 0 Å². The summed E-state index contributed by atoms with van der Waals surface area (Å²) in [6, 6.07) is 18.6. The molecule has 0 atom stereocenters. The molecule has 0 spiro atoms. The van der Waals surface area contributed by atoms with Crippen molar-refractivity contribution in [1.29, 1.82) is 0 Å². The number of benzene rings is 3. The van der Waals surface area contributed by atoms with Gasteiger partial charge in [-0.3, -0.25) is 0 Å². The first-order valence-electron chi connectivity index (χ1n) is 8.15. The fraction of sp³-hybridized carbons (Fsp3) is 0.143. The van der Waals surface area contributed by atoms with Crippen LogP contribution in [0, 0.1) is 20.8 Å². The van der Waals surface area contributed by atoms with Crippen molar-refractivity contribution in [3.63, 3.8) is 0 Å². The van der Waals surface area contributed by atoms with Crippen LogP contribution in [0.4, 0.5) is 0 Å². The lowest BCUT2D eigenvalue weighted by Gasteiger charge is -2.18. The van der Waals surface area contributed by atoms with Crippen LogP contribution in [0.25, 0.3) is 0 Å². The molecule has 0 bridgehead atoms. The maximum absolute atomic E-state index is 6.39. The lowest BCUT2D eigenvalue weighted by Crippen LogP contribution is -2.52. The summed E-state index contributed by atoms with van der Waals surface area (Å²) in [4.78, 5) is 0. The minimum Gasteiger partial charge on any atom is -0.0841 e. The molecule has 0 aliphatic carbocycles. The van der Waals surface area contributed by atoms with E-state index in [1.807, 2.05) is 39.0 Å². The fourth-order valence-corrected chi connectivity index (χ4v) is 3.51. The zero-order valence-electron chi connectivity index (χ0n) is 14.4. The predicted octanol–water partition coefficient (Wildman–Crippen LogP) is 5.09. The molecule has 3 rings (SSSR count). The normalized spacial score (nSPS) is 10.8. The standard InChI is InChI=1S/C21H18BCl3/c1-13-4-7-16(10-19(13)23)22(17-8-5-14(2)20(24)11-17)18-9-6-15(3)21(25)12-18/h4-12H,1-3H3. The highest BCUT2D eigenvalue weighted by Gasteiger charge is 2.23. The quantitative estimate of drug-likeness (QED) is 0.549. The second kappa shape index (κ2) is 7.46. The Bertz CT molecular complexity index is 812. The summed E-state index contributed by atoms with van der Waals surface area (Å²) in [5.41, 5.74) is 6.55. The minimum absolute atomic E-state index is 0.0225. The van der Waals surface area contributed by atoms with E-state index in [0.717, 1.165) is 48.1 Å². The molecule has 25 heavy (non-hydrogen) atoms. The second-order valence-corrected chi connectivity index (χ2v) is 7.68. The van der Waals surface area contributed by atoms with Crippen molar-refractivity contribution in [1.82, 2.24) is 0 Å². The lowest BCUT2D eigenvalue weighted by molar-refractivity contribution is 1.47. The molecule has 0 unspecified atom stereocenters. The van der Waals surface area contributed by atoms with Crippen molar-refractivity contribution in [2.75, 3.05) is 0 Å². The topological polar surface area (TPSA) is 0 Å². The fourth-order valence-electron chi connectivity index (χ4n) is 2.94. The zero-order chi connectivity index (χ0) is 18.1. The van der Waals surface area contributed by atoms with Crippen molar-refractivity contribution in [2.45, 2.75) is 20.8 Å². The van der Waals surface area contributed by atoms with E-state index >= 15 is 0 Å². The Balaban J connectivity index is 2.21. The third-order valence-electron chi connectivity index (χ3n) is 4.59. The maximum atomic E-state index is 6.39. The summed E-state index contributed by atoms with van der Waals surface area (Å²) >= 11 is 19.2. The van der Waals surface area contributed by atoms with Crippen molar-refractivity contribution >= 4 is 57.9 Å². The highest BCUT2D eigenvalue weighted by atomic mass is 35.5. The van der Waals surface area contributed by atoms with Crippen molar-refractivity contribution in [3.05, 3.63) is 86.4 Å². The van der Waals surface area contributed by atoms with Gasteiger partial charge < -0.3 is 0 Å². The van der Waals surface area contributed by atoms with Crippen molar-refractivity contribution in [3.8, 4) is 0 Å². The van der Waals surface area contributed by atoms with Gasteiger partial charge in [0.2, 0.25) is 6.71 Å². The molecule has 3 aromatic carbocycles. The molecule has 0 heterocycles. The number of rotatable bonds is 3. The van der Waals surface area contributed by atoms with E-state index in [9.17, 15) is 0 Å². The number of aryl methyl sites for hydroxylation is 3. The van der Waals surface area contributed by atoms with Gasteiger partial charge in [0, 0.05) is 15.1 Å². The maximum Gasteiger partial charge on any atom is 0.241 e. The highest BCUT2D eigenvalue weighted by Crippen LogP contribution is 2.17. The molecule has 4 heteroatoms. The molecular formula is C21H18BCl3. The Morgan fingerprint density at radius 3 is 1.04 bits per heavy atom. The van der Waals surface area contributed by atoms with Crippen LogP contribution < -0.4 is 16.4 Å². The average molecular weight is 388 g/mol. The number of hydrogen-bond acceptors (Lipinski definition) is 0. The van der Waals surface area contributed by atoms with Gasteiger partial charge in [0.1, 0.15) is 0 Å². The van der Waals surface area contributed by atoms with Crippen LogP contribution in [-0.2, 0) is 0 Å². The predicted molar refractivity (Wildman–Crippen MR) is 113 cm³/mol. The van der Waals surface area contributed by atoms with Crippen LogP contribution in [0.1, 0.15) is 16.7 Å². The molecule has 0 nitrogen and oxygen atoms in total. The molecule has 0 amide bonds. The number of halogens is 3. The average Bonchev–Trinajstić information content (AvgIpc) is 2.57. The van der Waals surface area contributed by atoms with E-state index in [-0.39, 0.29) is 6.71 Å². The number of hydrogen-bond donors (Lipinski definition) is 0. The van der Waals surface area contributed by atoms with E-state index in [1.165, 1.54) is 0 Å². The van der Waals surface area contributed by atoms with Crippen LogP contribution in [0.15, 0.2) is 54.6 Å². The Morgan fingerprint density at radius 1 is 0.520 bits per heavy atom. The lowest BCUT2D eigenvalue weighted by atomic mass is 9.37. The second-order valence-electron chi connectivity index (χ2n) is 6.46. The summed E-state index contributed by atoms with van der Waals surface area (Å²) in [5.74, 6) is 0. The SMILES string of the molecule is Cc1ccc(B(c2ccc(C)c(Cl)c2)c2ccc(C)c(Cl)c2)cc1Cl. The molecule has 126 valence electrons. The summed E-state index contributed by atoms with van der Waals surface area (Å²) < 4.78 is 0. The van der Waals surface area contributed by atoms with Gasteiger partial charge >= 0.3 is 0 Å². The smallest absolute Gasteiger partial charge is 0.0841 e. The van der Waals surface area contributed by atoms with Gasteiger partial charge in [-0.05, 0) is 55.7 Å². The van der Waals surface area contributed by atoms with Crippen LogP contribution in [-0.4, -0.2) is 6.71 Å². The zero-order valence-corrected chi connectivity index (χ0v) is 16.7. The van der Waals surface area contributed by atoms with Gasteiger partial charge in [-0.25, -0.2) is 0 Å². The van der Waals surface area contributed by atoms with Crippen LogP contribution in [0.2, 0.25) is 15.1 Å². The first-order chi connectivity index (χ1) is 11.9. The van der Waals surface area contributed by atoms with E-state index in [1.54, 1.807) is 0 Å². The third kappa shape index (κ3) is 3.90. The van der Waals surface area contributed by atoms with Gasteiger partial charge in [0.15, 0.2) is 0 Å². The first kappa shape index (κ1) is 18.4. The van der Waals surface area contributed by atoms with Gasteiger partial charge in [0.05, 0.1) is 0 Å². The molecule has 0 aromatic heterocycles. The molecule has 0 aliphatic heterocycles. The first-order valence-corrected chi connectivity index (χ1v) is 9.28.